The van der Waals surface area contributed by atoms with Gasteiger partial charge in [-0.3, -0.25) is 10.1 Å². The Bertz CT molecular complexity index is 611. The van der Waals surface area contributed by atoms with Gasteiger partial charge in [0.15, 0.2) is 0 Å². The number of carboxylic acid groups (broad SMARTS) is 1. The van der Waals surface area contributed by atoms with E-state index in [0.29, 0.717) is 0 Å². The molecule has 4 heteroatoms. The zero-order chi connectivity index (χ0) is 15.8. The molecule has 2 aromatic carbocycles. The predicted molar refractivity (Wildman–Crippen MR) is 86.3 cm³/mol. The van der Waals surface area contributed by atoms with Gasteiger partial charge in [0.1, 0.15) is 6.04 Å². The van der Waals surface area contributed by atoms with Crippen LogP contribution in [0.4, 0.5) is 0 Å². The van der Waals surface area contributed by atoms with Gasteiger partial charge in [-0.2, -0.15) is 0 Å². The Kier molecular flexibility index (Phi) is 5.89. The average Bonchev–Trinajstić information content (AvgIpc) is 2.56. The van der Waals surface area contributed by atoms with Gasteiger partial charge in [0.05, 0.1) is 12.6 Å². The lowest BCUT2D eigenvalue weighted by Gasteiger charge is -2.20. The maximum Gasteiger partial charge on any atom is 0.324 e. The van der Waals surface area contributed by atoms with Crippen LogP contribution < -0.4 is 5.32 Å². The second-order valence-electron chi connectivity index (χ2n) is 4.90. The molecule has 2 aromatic rings. The molecule has 4 nitrogen and oxygen atoms in total. The monoisotopic (exact) mass is 297 g/mol. The predicted octanol–water partition coefficient (Wildman–Crippen LogP) is 2.48. The first-order valence-electron chi connectivity index (χ1n) is 7.08. The first-order valence-corrected chi connectivity index (χ1v) is 7.08. The number of hydrogen-bond donors (Lipinski definition) is 3. The molecule has 0 heterocycles. The zero-order valence-corrected chi connectivity index (χ0v) is 12.1. The molecule has 0 unspecified atom stereocenters. The second-order valence-corrected chi connectivity index (χ2v) is 4.90. The van der Waals surface area contributed by atoms with E-state index in [1.54, 1.807) is 12.2 Å². The highest BCUT2D eigenvalue weighted by Gasteiger charge is 2.19. The molecule has 0 saturated carbocycles. The fourth-order valence-corrected chi connectivity index (χ4v) is 2.14. The smallest absolute Gasteiger partial charge is 0.324 e. The zero-order valence-electron chi connectivity index (χ0n) is 12.1. The molecule has 2 atom stereocenters. The van der Waals surface area contributed by atoms with E-state index in [9.17, 15) is 15.0 Å². The minimum Gasteiger partial charge on any atom is -0.480 e. The summed E-state index contributed by atoms with van der Waals surface area (Å²) in [5.74, 6) is -0.985. The fourth-order valence-electron chi connectivity index (χ4n) is 2.14. The van der Waals surface area contributed by atoms with E-state index in [0.717, 1.165) is 11.1 Å². The summed E-state index contributed by atoms with van der Waals surface area (Å²) in [7, 11) is 0. The number of carbonyl (C=O) groups is 1. The van der Waals surface area contributed by atoms with E-state index in [1.165, 1.54) is 0 Å². The van der Waals surface area contributed by atoms with E-state index < -0.39 is 18.1 Å². The maximum atomic E-state index is 11.4. The molecule has 0 aromatic heterocycles. The van der Waals surface area contributed by atoms with Gasteiger partial charge in [0, 0.05) is 0 Å². The minimum atomic E-state index is -0.985. The minimum absolute atomic E-state index is 0.174. The van der Waals surface area contributed by atoms with Gasteiger partial charge in [-0.25, -0.2) is 0 Å². The highest BCUT2D eigenvalue weighted by Crippen LogP contribution is 2.13. The Labute approximate surface area is 129 Å². The molecule has 0 aliphatic rings. The third-order valence-electron chi connectivity index (χ3n) is 3.31. The van der Waals surface area contributed by atoms with E-state index in [1.807, 2.05) is 60.7 Å². The Hall–Kier alpha value is -2.43. The van der Waals surface area contributed by atoms with E-state index in [2.05, 4.69) is 5.32 Å². The van der Waals surface area contributed by atoms with Crippen LogP contribution in [0.25, 0.3) is 6.08 Å². The molecule has 0 bridgehead atoms. The number of nitrogens with one attached hydrogen (secondary N) is 1. The summed E-state index contributed by atoms with van der Waals surface area (Å²) < 4.78 is 0. The van der Waals surface area contributed by atoms with Gasteiger partial charge in [0.2, 0.25) is 0 Å². The van der Waals surface area contributed by atoms with Crippen molar-refractivity contribution in [1.29, 1.82) is 0 Å². The number of benzene rings is 2. The summed E-state index contributed by atoms with van der Waals surface area (Å²) in [6.45, 7) is -0.174. The van der Waals surface area contributed by atoms with Crippen LogP contribution in [0.2, 0.25) is 0 Å². The molecule has 2 rings (SSSR count). The Morgan fingerprint density at radius 3 is 2.18 bits per heavy atom. The van der Waals surface area contributed by atoms with Crippen LogP contribution in [0.3, 0.4) is 0 Å². The lowest BCUT2D eigenvalue weighted by Crippen LogP contribution is -2.39. The SMILES string of the molecule is O=C(O)[C@H](/C=C/c1ccccc1)N[C@H](CO)c1ccccc1. The molecule has 114 valence electrons. The third-order valence-corrected chi connectivity index (χ3v) is 3.31. The van der Waals surface area contributed by atoms with Crippen molar-refractivity contribution >= 4 is 12.0 Å². The number of rotatable bonds is 7. The van der Waals surface area contributed by atoms with Crippen LogP contribution >= 0.6 is 0 Å². The lowest BCUT2D eigenvalue weighted by molar-refractivity contribution is -0.138. The molecular weight excluding hydrogens is 278 g/mol. The van der Waals surface area contributed by atoms with Crippen molar-refractivity contribution in [2.24, 2.45) is 0 Å². The summed E-state index contributed by atoms with van der Waals surface area (Å²) in [5.41, 5.74) is 1.78. The van der Waals surface area contributed by atoms with Crippen LogP contribution in [-0.4, -0.2) is 28.8 Å². The molecule has 0 spiro atoms. The highest BCUT2D eigenvalue weighted by atomic mass is 16.4. The van der Waals surface area contributed by atoms with Gasteiger partial charge >= 0.3 is 5.97 Å². The van der Waals surface area contributed by atoms with Crippen LogP contribution in [0.5, 0.6) is 0 Å². The van der Waals surface area contributed by atoms with Gasteiger partial charge < -0.3 is 10.2 Å². The highest BCUT2D eigenvalue weighted by molar-refractivity contribution is 5.77. The fraction of sp³-hybridized carbons (Fsp3) is 0.167. The quantitative estimate of drug-likeness (QED) is 0.734. The van der Waals surface area contributed by atoms with Crippen LogP contribution in [0.15, 0.2) is 66.7 Å². The van der Waals surface area contributed by atoms with Crippen LogP contribution in [-0.2, 0) is 4.79 Å². The van der Waals surface area contributed by atoms with E-state index in [-0.39, 0.29) is 6.61 Å². The standard InChI is InChI=1S/C18H19NO3/c20-13-17(15-9-5-2-6-10-15)19-16(18(21)22)12-11-14-7-3-1-4-8-14/h1-12,16-17,19-20H,13H2,(H,21,22)/b12-11+/t16-,17+/m0/s1. The summed E-state index contributed by atoms with van der Waals surface area (Å²) in [5, 5.41) is 21.8. The molecule has 0 amide bonds. The van der Waals surface area contributed by atoms with Crippen molar-refractivity contribution in [3.05, 3.63) is 77.9 Å². The summed E-state index contributed by atoms with van der Waals surface area (Å²) in [4.78, 5) is 11.4. The van der Waals surface area contributed by atoms with Crippen molar-refractivity contribution in [2.45, 2.75) is 12.1 Å². The molecule has 22 heavy (non-hydrogen) atoms. The summed E-state index contributed by atoms with van der Waals surface area (Å²) in [6.07, 6.45) is 3.34. The number of aliphatic hydroxyl groups excluding tert-OH is 1. The summed E-state index contributed by atoms with van der Waals surface area (Å²) in [6, 6.07) is 17.5. The first kappa shape index (κ1) is 15.9. The Balaban J connectivity index is 2.11. The molecule has 0 fully saturated rings. The van der Waals surface area contributed by atoms with E-state index in [4.69, 9.17) is 0 Å². The summed E-state index contributed by atoms with van der Waals surface area (Å²) >= 11 is 0. The number of carboxylic acids is 1. The Morgan fingerprint density at radius 2 is 1.64 bits per heavy atom. The van der Waals surface area contributed by atoms with Gasteiger partial charge in [-0.05, 0) is 11.1 Å². The van der Waals surface area contributed by atoms with Crippen molar-refractivity contribution < 1.29 is 15.0 Å². The van der Waals surface area contributed by atoms with Crippen molar-refractivity contribution in [3.8, 4) is 0 Å². The average molecular weight is 297 g/mol. The largest absolute Gasteiger partial charge is 0.480 e. The van der Waals surface area contributed by atoms with Crippen LogP contribution in [0, 0.1) is 0 Å². The van der Waals surface area contributed by atoms with Crippen LogP contribution in [0.1, 0.15) is 17.2 Å². The molecule has 0 saturated heterocycles. The molecule has 0 radical (unpaired) electrons. The number of aliphatic carboxylic acids is 1. The number of hydrogen-bond acceptors (Lipinski definition) is 3. The lowest BCUT2D eigenvalue weighted by atomic mass is 10.1. The third kappa shape index (κ3) is 4.55. The molecule has 3 N–H and O–H groups in total. The van der Waals surface area contributed by atoms with Crippen molar-refractivity contribution in [1.82, 2.24) is 5.32 Å². The van der Waals surface area contributed by atoms with Gasteiger partial charge in [-0.15, -0.1) is 0 Å². The Morgan fingerprint density at radius 1 is 1.05 bits per heavy atom. The first-order chi connectivity index (χ1) is 10.7. The second kappa shape index (κ2) is 8.12. The van der Waals surface area contributed by atoms with Crippen molar-refractivity contribution in [3.63, 3.8) is 0 Å². The molecular formula is C18H19NO3. The number of aliphatic hydroxyl groups is 1. The maximum absolute atomic E-state index is 11.4. The van der Waals surface area contributed by atoms with Crippen molar-refractivity contribution in [2.75, 3.05) is 6.61 Å². The normalized spacial score (nSPS) is 13.9. The topological polar surface area (TPSA) is 69.6 Å². The molecule has 0 aliphatic carbocycles. The van der Waals surface area contributed by atoms with Gasteiger partial charge in [-0.1, -0.05) is 72.8 Å². The van der Waals surface area contributed by atoms with Gasteiger partial charge in [0.25, 0.3) is 0 Å². The molecule has 0 aliphatic heterocycles. The van der Waals surface area contributed by atoms with E-state index >= 15 is 0 Å².